The summed E-state index contributed by atoms with van der Waals surface area (Å²) in [5, 5.41) is 2.82. The highest BCUT2D eigenvalue weighted by molar-refractivity contribution is 5.86. The van der Waals surface area contributed by atoms with Gasteiger partial charge in [-0.3, -0.25) is 38.4 Å². The Kier molecular flexibility index (Phi) is 47.9. The van der Waals surface area contributed by atoms with Crippen LogP contribution in [0.1, 0.15) is 311 Å². The van der Waals surface area contributed by atoms with Gasteiger partial charge in [0, 0.05) is 91.4 Å². The van der Waals surface area contributed by atoms with Crippen LogP contribution in [0.2, 0.25) is 0 Å². The molecule has 0 saturated carbocycles. The summed E-state index contributed by atoms with van der Waals surface area (Å²) in [4.78, 5) is 93.1. The number of nitrogens with one attached hydrogen (secondary N) is 1. The van der Waals surface area contributed by atoms with Gasteiger partial charge in [0.2, 0.25) is 5.91 Å². The van der Waals surface area contributed by atoms with E-state index in [-0.39, 0.29) is 109 Å². The van der Waals surface area contributed by atoms with E-state index >= 15 is 0 Å². The van der Waals surface area contributed by atoms with Gasteiger partial charge in [0.25, 0.3) is 0 Å². The summed E-state index contributed by atoms with van der Waals surface area (Å²) in [6.07, 6.45) is 12.7. The number of ether oxygens (including phenoxy) is 1. The van der Waals surface area contributed by atoms with Crippen LogP contribution in [0, 0.1) is 37.9 Å². The minimum atomic E-state index is -0.309. The number of ketones is 7. The normalized spacial score (nSPS) is 11.8. The van der Waals surface area contributed by atoms with Crippen molar-refractivity contribution in [3.8, 4) is 0 Å². The van der Waals surface area contributed by atoms with Crippen molar-refractivity contribution >= 4 is 46.4 Å². The fourth-order valence-electron chi connectivity index (χ4n) is 5.78. The predicted molar refractivity (Wildman–Crippen MR) is 320 cm³/mol. The maximum Gasteiger partial charge on any atom is 0.246 e. The predicted octanol–water partition coefficient (Wildman–Crippen LogP) is 17.7. The molecule has 1 N–H and O–H groups in total. The van der Waals surface area contributed by atoms with Gasteiger partial charge in [0.1, 0.15) is 47.1 Å². The number of hydrogen-bond acceptors (Lipinski definition) is 9. The molecule has 74 heavy (non-hydrogen) atoms. The summed E-state index contributed by atoms with van der Waals surface area (Å²) in [7, 11) is 0. The smallest absolute Gasteiger partial charge is 0.246 e. The van der Waals surface area contributed by atoms with E-state index in [0.717, 1.165) is 44.9 Å². The third-order valence-corrected chi connectivity index (χ3v) is 11.3. The summed E-state index contributed by atoms with van der Waals surface area (Å²) in [5.74, 6) is 1.82. The van der Waals surface area contributed by atoms with E-state index in [1.165, 1.54) is 0 Å². The van der Waals surface area contributed by atoms with Crippen LogP contribution in [0.5, 0.6) is 0 Å². The minimum absolute atomic E-state index is 0. The van der Waals surface area contributed by atoms with Crippen molar-refractivity contribution in [2.24, 2.45) is 37.9 Å². The average molecular weight is 1060 g/mol. The Morgan fingerprint density at radius 1 is 0.311 bits per heavy atom. The fraction of sp³-hybridized carbons (Fsp3) is 0.875. The highest BCUT2D eigenvalue weighted by Gasteiger charge is 2.25. The summed E-state index contributed by atoms with van der Waals surface area (Å²) in [6, 6.07) is 0. The first-order valence-corrected chi connectivity index (χ1v) is 26.7. The molecule has 0 aliphatic carbocycles. The SMILES string of the molecule is C.C.C.C.CC(C)(C)C(=O)CCCCC(=O)CCCC(=O)C(C)(C)C.CC(C)(C)CCC(=O)C(C)(C)C.CC(C)(C)CCC(=O)CCCC(=O)C(C)(C)C.CC(C)(C)OCC(=O)NCCCCCC(=O)C(C)(C)C. The molecule has 0 aromatic heterocycles. The molecular formula is C64H129NO9. The second kappa shape index (κ2) is 40.3. The molecule has 0 spiro atoms. The van der Waals surface area contributed by atoms with Gasteiger partial charge in [-0.05, 0) is 83.0 Å². The van der Waals surface area contributed by atoms with Crippen molar-refractivity contribution < 1.29 is 43.1 Å². The van der Waals surface area contributed by atoms with Gasteiger partial charge in [0.15, 0.2) is 0 Å². The van der Waals surface area contributed by atoms with E-state index in [4.69, 9.17) is 4.74 Å². The molecule has 0 aliphatic heterocycles. The molecule has 0 aromatic carbocycles. The van der Waals surface area contributed by atoms with Crippen molar-refractivity contribution in [2.75, 3.05) is 13.2 Å². The lowest BCUT2D eigenvalue weighted by molar-refractivity contribution is -0.130. The van der Waals surface area contributed by atoms with Crippen molar-refractivity contribution in [2.45, 2.75) is 317 Å². The summed E-state index contributed by atoms with van der Waals surface area (Å²) >= 11 is 0. The molecule has 0 aromatic rings. The van der Waals surface area contributed by atoms with Crippen molar-refractivity contribution in [3.63, 3.8) is 0 Å². The first-order valence-electron chi connectivity index (χ1n) is 26.7. The third kappa shape index (κ3) is 60.0. The largest absolute Gasteiger partial charge is 0.366 e. The maximum absolute atomic E-state index is 11.7. The zero-order valence-electron chi connectivity index (χ0n) is 50.3. The van der Waals surface area contributed by atoms with Crippen LogP contribution in [-0.2, 0) is 43.1 Å². The van der Waals surface area contributed by atoms with E-state index in [1.54, 1.807) is 0 Å². The molecule has 444 valence electrons. The molecule has 0 aliphatic rings. The second-order valence-corrected chi connectivity index (χ2v) is 28.0. The Balaban J connectivity index is -0.000000131. The lowest BCUT2D eigenvalue weighted by Crippen LogP contribution is -2.32. The number of rotatable bonds is 25. The quantitative estimate of drug-likeness (QED) is 0.0879. The van der Waals surface area contributed by atoms with Crippen molar-refractivity contribution in [1.82, 2.24) is 5.32 Å². The van der Waals surface area contributed by atoms with Gasteiger partial charge in [-0.25, -0.2) is 0 Å². The van der Waals surface area contributed by atoms with Crippen LogP contribution in [0.3, 0.4) is 0 Å². The molecule has 0 fully saturated rings. The van der Waals surface area contributed by atoms with Gasteiger partial charge >= 0.3 is 0 Å². The summed E-state index contributed by atoms with van der Waals surface area (Å²) in [5.41, 5.74) is -1.05. The van der Waals surface area contributed by atoms with Gasteiger partial charge in [-0.1, -0.05) is 182 Å². The van der Waals surface area contributed by atoms with E-state index in [9.17, 15) is 38.4 Å². The third-order valence-electron chi connectivity index (χ3n) is 11.3. The second-order valence-electron chi connectivity index (χ2n) is 28.0. The number of Topliss-reactive ketones (excluding diaryl/α,β-unsaturated/α-hetero) is 7. The Labute approximate surface area is 461 Å². The van der Waals surface area contributed by atoms with Crippen LogP contribution in [0.4, 0.5) is 0 Å². The maximum atomic E-state index is 11.7. The number of unbranched alkanes of at least 4 members (excludes halogenated alkanes) is 3. The first-order chi connectivity index (χ1) is 31.1. The Morgan fingerprint density at radius 3 is 0.878 bits per heavy atom. The van der Waals surface area contributed by atoms with Crippen LogP contribution in [-0.4, -0.2) is 65.1 Å². The number of carbonyl (C=O) groups excluding carboxylic acids is 8. The molecule has 0 radical (unpaired) electrons. The first kappa shape index (κ1) is 87.8. The number of hydrogen-bond donors (Lipinski definition) is 1. The summed E-state index contributed by atoms with van der Waals surface area (Å²) < 4.78 is 5.38. The van der Waals surface area contributed by atoms with Gasteiger partial charge < -0.3 is 10.1 Å². The number of amides is 1. The fourth-order valence-corrected chi connectivity index (χ4v) is 5.78. The molecular weight excluding hydrogens is 927 g/mol. The van der Waals surface area contributed by atoms with Crippen molar-refractivity contribution in [3.05, 3.63) is 0 Å². The molecule has 0 unspecified atom stereocenters. The molecule has 10 heteroatoms. The lowest BCUT2D eigenvalue weighted by atomic mass is 9.83. The zero-order chi connectivity index (χ0) is 56.2. The highest BCUT2D eigenvalue weighted by Crippen LogP contribution is 2.26. The summed E-state index contributed by atoms with van der Waals surface area (Å²) in [6.45, 7) is 48.5. The zero-order valence-corrected chi connectivity index (χ0v) is 50.3. The Morgan fingerprint density at radius 2 is 0.568 bits per heavy atom. The van der Waals surface area contributed by atoms with Gasteiger partial charge in [0.05, 0.1) is 5.60 Å². The number of carbonyl (C=O) groups is 8. The average Bonchev–Trinajstić information content (AvgIpc) is 3.16. The Bertz CT molecular complexity index is 1560. The molecule has 10 nitrogen and oxygen atoms in total. The van der Waals surface area contributed by atoms with E-state index < -0.39 is 0 Å². The molecule has 0 atom stereocenters. The van der Waals surface area contributed by atoms with Gasteiger partial charge in [-0.15, -0.1) is 0 Å². The molecule has 0 bridgehead atoms. The van der Waals surface area contributed by atoms with Crippen LogP contribution in [0.25, 0.3) is 0 Å². The van der Waals surface area contributed by atoms with Crippen LogP contribution < -0.4 is 5.32 Å². The van der Waals surface area contributed by atoms with E-state index in [2.05, 4.69) is 46.9 Å². The highest BCUT2D eigenvalue weighted by atomic mass is 16.5. The monoisotopic (exact) mass is 1060 g/mol. The van der Waals surface area contributed by atoms with Crippen LogP contribution in [0.15, 0.2) is 0 Å². The van der Waals surface area contributed by atoms with E-state index in [0.29, 0.717) is 94.5 Å². The topological polar surface area (TPSA) is 158 Å². The minimum Gasteiger partial charge on any atom is -0.366 e. The standard InChI is InChI=1S/C18H32O3.C16H31NO3.C15H28O2.C11H22O.4CH4/c1-17(2,3)15(20)12-8-7-10-14(19)11-9-13-16(21)18(4,5)6;1-15(2,3)13(18)10-8-7-9-11-17-14(19)12-20-16(4,5)6;1-14(2,3)11-10-12(16)8-7-9-13(17)15(4,5)6;1-10(2,3)8-7-9(12)11(4,5)6;;;;/h7-13H2,1-6H3;7-12H2,1-6H3,(H,17,19);7-11H2,1-6H3;7-8H2,1-6H3;4*1H4. The van der Waals surface area contributed by atoms with Crippen molar-refractivity contribution in [1.29, 1.82) is 0 Å². The molecule has 1 amide bonds. The Hall–Kier alpha value is -2.88. The molecule has 0 rings (SSSR count). The molecule has 0 saturated heterocycles. The lowest BCUT2D eigenvalue weighted by Gasteiger charge is -2.21. The van der Waals surface area contributed by atoms with E-state index in [1.807, 2.05) is 125 Å². The van der Waals surface area contributed by atoms with Crippen LogP contribution >= 0.6 is 0 Å². The van der Waals surface area contributed by atoms with Gasteiger partial charge in [-0.2, -0.15) is 0 Å². The molecule has 0 heterocycles.